The van der Waals surface area contributed by atoms with Gasteiger partial charge < -0.3 is 14.6 Å². The first-order chi connectivity index (χ1) is 12.6. The molecule has 0 bridgehead atoms. The number of rotatable bonds is 2. The molecule has 4 rings (SSSR count). The third kappa shape index (κ3) is 2.60. The summed E-state index contributed by atoms with van der Waals surface area (Å²) in [6.07, 6.45) is 4.62. The molecule has 136 valence electrons. The van der Waals surface area contributed by atoms with Gasteiger partial charge >= 0.3 is 0 Å². The molecule has 1 N–H and O–H groups in total. The lowest BCUT2D eigenvalue weighted by atomic mass is 9.76. The number of carbonyl (C=O) groups is 1. The van der Waals surface area contributed by atoms with Gasteiger partial charge in [0, 0.05) is 29.6 Å². The number of piperidine rings is 1. The molecule has 1 aromatic heterocycles. The topological polar surface area (TPSA) is 69.3 Å². The number of benzene rings is 1. The molecule has 2 fully saturated rings. The minimum absolute atomic E-state index is 0.0801. The molecule has 1 saturated heterocycles. The van der Waals surface area contributed by atoms with Crippen LogP contribution in [0.2, 0.25) is 0 Å². The largest absolute Gasteiger partial charge is 0.392 e. The molecular formula is C21H25N3O2. The predicted octanol–water partition coefficient (Wildman–Crippen LogP) is 2.98. The average molecular weight is 351 g/mol. The predicted molar refractivity (Wildman–Crippen MR) is 99.5 cm³/mol. The minimum atomic E-state index is -0.280. The summed E-state index contributed by atoms with van der Waals surface area (Å²) in [7, 11) is 0. The molecular weight excluding hydrogens is 326 g/mol. The zero-order valence-electron chi connectivity index (χ0n) is 15.2. The third-order valence-corrected chi connectivity index (χ3v) is 6.46. The van der Waals surface area contributed by atoms with Crippen molar-refractivity contribution in [1.29, 1.82) is 5.26 Å². The summed E-state index contributed by atoms with van der Waals surface area (Å²) in [5.74, 6) is 0.0801. The van der Waals surface area contributed by atoms with Crippen molar-refractivity contribution in [1.82, 2.24) is 9.47 Å². The van der Waals surface area contributed by atoms with Gasteiger partial charge in [0.15, 0.2) is 0 Å². The summed E-state index contributed by atoms with van der Waals surface area (Å²) >= 11 is 0. The standard InChI is InChI=1S/C21H25N3O2/c1-15-17(12-22)16-6-2-3-7-18(16)24(15)13-20(26)23-11-5-10-21(14-23)9-4-8-19(21)25/h2-3,6-7,19,25H,4-5,8-11,13-14H2,1H3/t19-,21-/m1/s1. The Balaban J connectivity index is 1.60. The molecule has 2 aromatic rings. The maximum absolute atomic E-state index is 13.0. The normalized spacial score (nSPS) is 25.7. The summed E-state index contributed by atoms with van der Waals surface area (Å²) in [6.45, 7) is 3.58. The molecule has 1 aliphatic heterocycles. The second-order valence-corrected chi connectivity index (χ2v) is 7.86. The highest BCUT2D eigenvalue weighted by Gasteiger charge is 2.45. The van der Waals surface area contributed by atoms with E-state index in [0.717, 1.165) is 55.2 Å². The Kier molecular flexibility index (Phi) is 4.24. The van der Waals surface area contributed by atoms with E-state index in [9.17, 15) is 15.2 Å². The van der Waals surface area contributed by atoms with E-state index in [1.807, 2.05) is 40.7 Å². The monoisotopic (exact) mass is 351 g/mol. The Morgan fingerprint density at radius 1 is 1.35 bits per heavy atom. The number of nitrogens with zero attached hydrogens (tertiary/aromatic N) is 3. The number of aromatic nitrogens is 1. The Hall–Kier alpha value is -2.32. The van der Waals surface area contributed by atoms with Crippen LogP contribution < -0.4 is 0 Å². The van der Waals surface area contributed by atoms with Crippen LogP contribution in [0.3, 0.4) is 0 Å². The van der Waals surface area contributed by atoms with Gasteiger partial charge in [-0.25, -0.2) is 0 Å². The van der Waals surface area contributed by atoms with Crippen molar-refractivity contribution in [2.24, 2.45) is 5.41 Å². The number of nitriles is 1. The quantitative estimate of drug-likeness (QED) is 0.904. The molecule has 5 nitrogen and oxygen atoms in total. The van der Waals surface area contributed by atoms with Crippen molar-refractivity contribution in [2.75, 3.05) is 13.1 Å². The van der Waals surface area contributed by atoms with Gasteiger partial charge in [0.2, 0.25) is 5.91 Å². The number of likely N-dealkylation sites (tertiary alicyclic amines) is 1. The first kappa shape index (κ1) is 17.1. The van der Waals surface area contributed by atoms with Crippen LogP contribution in [0.1, 0.15) is 43.4 Å². The van der Waals surface area contributed by atoms with Crippen molar-refractivity contribution in [3.05, 3.63) is 35.5 Å². The molecule has 2 aliphatic rings. The molecule has 0 radical (unpaired) electrons. The number of hydrogen-bond donors (Lipinski definition) is 1. The smallest absolute Gasteiger partial charge is 0.242 e. The highest BCUT2D eigenvalue weighted by Crippen LogP contribution is 2.45. The van der Waals surface area contributed by atoms with E-state index in [4.69, 9.17) is 0 Å². The van der Waals surface area contributed by atoms with Crippen LogP contribution in [0.25, 0.3) is 10.9 Å². The molecule has 1 amide bonds. The number of aliphatic hydroxyl groups excluding tert-OH is 1. The first-order valence-electron chi connectivity index (χ1n) is 9.49. The average Bonchev–Trinajstić information content (AvgIpc) is 3.13. The van der Waals surface area contributed by atoms with Crippen molar-refractivity contribution < 1.29 is 9.90 Å². The van der Waals surface area contributed by atoms with Crippen molar-refractivity contribution in [3.63, 3.8) is 0 Å². The second-order valence-electron chi connectivity index (χ2n) is 7.86. The van der Waals surface area contributed by atoms with Crippen molar-refractivity contribution in [2.45, 2.75) is 51.7 Å². The van der Waals surface area contributed by atoms with E-state index in [1.165, 1.54) is 0 Å². The lowest BCUT2D eigenvalue weighted by Gasteiger charge is -2.42. The molecule has 26 heavy (non-hydrogen) atoms. The maximum Gasteiger partial charge on any atom is 0.242 e. The molecule has 1 aromatic carbocycles. The Morgan fingerprint density at radius 2 is 2.12 bits per heavy atom. The SMILES string of the molecule is Cc1c(C#N)c2ccccc2n1CC(=O)N1CCC[C@]2(CCC[C@H]2O)C1. The molecule has 2 atom stereocenters. The number of carbonyl (C=O) groups excluding carboxylic acids is 1. The fourth-order valence-corrected chi connectivity index (χ4v) is 4.98. The van der Waals surface area contributed by atoms with Gasteiger partial charge in [0.1, 0.15) is 12.6 Å². The number of para-hydroxylation sites is 1. The van der Waals surface area contributed by atoms with Gasteiger partial charge in [0.05, 0.1) is 17.2 Å². The van der Waals surface area contributed by atoms with Crippen LogP contribution in [0, 0.1) is 23.7 Å². The lowest BCUT2D eigenvalue weighted by molar-refractivity contribution is -0.137. The Morgan fingerprint density at radius 3 is 2.85 bits per heavy atom. The van der Waals surface area contributed by atoms with Crippen LogP contribution in [0.4, 0.5) is 0 Å². The van der Waals surface area contributed by atoms with E-state index < -0.39 is 0 Å². The first-order valence-corrected chi connectivity index (χ1v) is 9.49. The number of amides is 1. The van der Waals surface area contributed by atoms with Gasteiger partial charge in [-0.3, -0.25) is 4.79 Å². The highest BCUT2D eigenvalue weighted by atomic mass is 16.3. The fourth-order valence-electron chi connectivity index (χ4n) is 4.98. The molecule has 5 heteroatoms. The zero-order chi connectivity index (χ0) is 18.3. The summed E-state index contributed by atoms with van der Waals surface area (Å²) in [4.78, 5) is 15.0. The summed E-state index contributed by atoms with van der Waals surface area (Å²) in [5.41, 5.74) is 2.33. The Labute approximate surface area is 153 Å². The second kappa shape index (κ2) is 6.44. The van der Waals surface area contributed by atoms with Gasteiger partial charge in [-0.15, -0.1) is 0 Å². The van der Waals surface area contributed by atoms with Crippen LogP contribution in [0.15, 0.2) is 24.3 Å². The number of fused-ring (bicyclic) bond motifs is 1. The van der Waals surface area contributed by atoms with E-state index in [2.05, 4.69) is 6.07 Å². The van der Waals surface area contributed by atoms with Crippen LogP contribution in [-0.4, -0.2) is 39.7 Å². The van der Waals surface area contributed by atoms with Crippen molar-refractivity contribution >= 4 is 16.8 Å². The van der Waals surface area contributed by atoms with Gasteiger partial charge in [0.25, 0.3) is 0 Å². The lowest BCUT2D eigenvalue weighted by Crippen LogP contribution is -2.50. The number of aliphatic hydroxyl groups is 1. The molecule has 1 spiro atoms. The summed E-state index contributed by atoms with van der Waals surface area (Å²) < 4.78 is 1.96. The molecule has 0 unspecified atom stereocenters. The highest BCUT2D eigenvalue weighted by molar-refractivity contribution is 5.89. The van der Waals surface area contributed by atoms with E-state index in [-0.39, 0.29) is 24.0 Å². The van der Waals surface area contributed by atoms with E-state index in [1.54, 1.807) is 0 Å². The number of hydrogen-bond acceptors (Lipinski definition) is 3. The summed E-state index contributed by atoms with van der Waals surface area (Å²) in [6, 6.07) is 10.0. The van der Waals surface area contributed by atoms with Gasteiger partial charge in [-0.2, -0.15) is 5.26 Å². The van der Waals surface area contributed by atoms with Gasteiger partial charge in [-0.1, -0.05) is 24.6 Å². The van der Waals surface area contributed by atoms with Crippen LogP contribution >= 0.6 is 0 Å². The fraction of sp³-hybridized carbons (Fsp3) is 0.524. The zero-order valence-corrected chi connectivity index (χ0v) is 15.2. The third-order valence-electron chi connectivity index (χ3n) is 6.46. The van der Waals surface area contributed by atoms with E-state index >= 15 is 0 Å². The molecule has 1 saturated carbocycles. The molecule has 2 heterocycles. The maximum atomic E-state index is 13.0. The minimum Gasteiger partial charge on any atom is -0.392 e. The van der Waals surface area contributed by atoms with Crippen LogP contribution in [-0.2, 0) is 11.3 Å². The van der Waals surface area contributed by atoms with Crippen LogP contribution in [0.5, 0.6) is 0 Å². The van der Waals surface area contributed by atoms with Gasteiger partial charge in [-0.05, 0) is 38.7 Å². The van der Waals surface area contributed by atoms with Crippen molar-refractivity contribution in [3.8, 4) is 6.07 Å². The summed E-state index contributed by atoms with van der Waals surface area (Å²) in [5, 5.41) is 20.8. The molecule has 1 aliphatic carbocycles. The Bertz CT molecular complexity index is 895. The van der Waals surface area contributed by atoms with E-state index in [0.29, 0.717) is 12.1 Å².